The zero-order valence-electron chi connectivity index (χ0n) is 5.18. The minimum Gasteiger partial charge on any atom is -0.379 e. The van der Waals surface area contributed by atoms with Gasteiger partial charge in [-0.15, -0.1) is 12.3 Å². The van der Waals surface area contributed by atoms with Crippen molar-refractivity contribution < 1.29 is 0 Å². The van der Waals surface area contributed by atoms with E-state index < -0.39 is 0 Å². The monoisotopic (exact) mass is 142 g/mol. The lowest BCUT2D eigenvalue weighted by atomic mass is 10.4. The first kappa shape index (κ1) is 8.38. The summed E-state index contributed by atoms with van der Waals surface area (Å²) in [5, 5.41) is 6.99. The molecule has 0 atom stereocenters. The Morgan fingerprint density at radius 3 is 2.89 bits per heavy atom. The molecule has 0 aliphatic rings. The number of nitrogens with one attached hydrogen (secondary N) is 1. The molecule has 0 fully saturated rings. The zero-order valence-corrected chi connectivity index (χ0v) is 6.00. The van der Waals surface area contributed by atoms with Gasteiger partial charge in [-0.2, -0.15) is 0 Å². The minimum atomic E-state index is 0.173. The van der Waals surface area contributed by atoms with Crippen molar-refractivity contribution in [2.45, 2.75) is 12.8 Å². The van der Waals surface area contributed by atoms with E-state index in [2.05, 4.69) is 5.92 Å². The molecule has 3 heteroatoms. The fraction of sp³-hybridized carbons (Fsp3) is 0.500. The Morgan fingerprint density at radius 1 is 1.78 bits per heavy atom. The van der Waals surface area contributed by atoms with E-state index in [0.717, 1.165) is 18.6 Å². The number of rotatable bonds is 3. The molecule has 9 heavy (non-hydrogen) atoms. The van der Waals surface area contributed by atoms with Gasteiger partial charge in [0.15, 0.2) is 5.17 Å². The van der Waals surface area contributed by atoms with Gasteiger partial charge in [0.2, 0.25) is 0 Å². The van der Waals surface area contributed by atoms with E-state index in [1.165, 1.54) is 11.8 Å². The van der Waals surface area contributed by atoms with Crippen molar-refractivity contribution in [1.29, 1.82) is 5.41 Å². The van der Waals surface area contributed by atoms with Gasteiger partial charge in [-0.05, 0) is 6.42 Å². The molecule has 0 aromatic carbocycles. The molecule has 0 bridgehead atoms. The first-order valence-corrected chi connectivity index (χ1v) is 3.66. The molecule has 0 aromatic rings. The molecule has 3 N–H and O–H groups in total. The second-order valence-corrected chi connectivity index (χ2v) is 2.66. The summed E-state index contributed by atoms with van der Waals surface area (Å²) in [5.41, 5.74) is 5.07. The molecular weight excluding hydrogens is 132 g/mol. The fourth-order valence-electron chi connectivity index (χ4n) is 0.356. The van der Waals surface area contributed by atoms with E-state index in [9.17, 15) is 0 Å². The molecule has 0 radical (unpaired) electrons. The van der Waals surface area contributed by atoms with Gasteiger partial charge in [0.1, 0.15) is 0 Å². The zero-order chi connectivity index (χ0) is 7.11. The SMILES string of the molecule is C#CCCCSC(=N)N. The average Bonchev–Trinajstić information content (AvgIpc) is 1.80. The Kier molecular flexibility index (Phi) is 5.14. The van der Waals surface area contributed by atoms with E-state index in [4.69, 9.17) is 17.6 Å². The van der Waals surface area contributed by atoms with Crippen LogP contribution in [0.2, 0.25) is 0 Å². The largest absolute Gasteiger partial charge is 0.379 e. The first-order chi connectivity index (χ1) is 4.27. The van der Waals surface area contributed by atoms with Crippen molar-refractivity contribution in [2.75, 3.05) is 5.75 Å². The smallest absolute Gasteiger partial charge is 0.151 e. The molecule has 0 amide bonds. The van der Waals surface area contributed by atoms with Gasteiger partial charge in [-0.3, -0.25) is 5.41 Å². The maximum Gasteiger partial charge on any atom is 0.151 e. The van der Waals surface area contributed by atoms with Crippen LogP contribution in [0.4, 0.5) is 0 Å². The van der Waals surface area contributed by atoms with Crippen LogP contribution in [-0.2, 0) is 0 Å². The van der Waals surface area contributed by atoms with E-state index in [1.54, 1.807) is 0 Å². The van der Waals surface area contributed by atoms with Gasteiger partial charge in [-0.25, -0.2) is 0 Å². The van der Waals surface area contributed by atoms with E-state index in [1.807, 2.05) is 0 Å². The van der Waals surface area contributed by atoms with Crippen LogP contribution in [0.3, 0.4) is 0 Å². The van der Waals surface area contributed by atoms with Gasteiger partial charge < -0.3 is 5.73 Å². The van der Waals surface area contributed by atoms with Crippen LogP contribution >= 0.6 is 11.8 Å². The number of hydrogen-bond acceptors (Lipinski definition) is 2. The number of unbranched alkanes of at least 4 members (excludes halogenated alkanes) is 1. The van der Waals surface area contributed by atoms with Gasteiger partial charge in [0.25, 0.3) is 0 Å². The van der Waals surface area contributed by atoms with Gasteiger partial charge in [0.05, 0.1) is 0 Å². The molecule has 0 rings (SSSR count). The molecule has 0 saturated heterocycles. The number of nitrogens with two attached hydrogens (primary N) is 1. The van der Waals surface area contributed by atoms with E-state index in [-0.39, 0.29) is 5.17 Å². The summed E-state index contributed by atoms with van der Waals surface area (Å²) >= 11 is 1.34. The third kappa shape index (κ3) is 7.38. The molecular formula is C6H10N2S. The lowest BCUT2D eigenvalue weighted by molar-refractivity contribution is 1.00. The molecule has 0 aliphatic heterocycles. The molecule has 0 spiro atoms. The predicted molar refractivity (Wildman–Crippen MR) is 42.4 cm³/mol. The molecule has 0 aromatic heterocycles. The summed E-state index contributed by atoms with van der Waals surface area (Å²) in [5.74, 6) is 3.38. The Bertz CT molecular complexity index is 126. The van der Waals surface area contributed by atoms with Crippen molar-refractivity contribution >= 4 is 16.9 Å². The van der Waals surface area contributed by atoms with Crippen LogP contribution in [0, 0.1) is 17.8 Å². The summed E-state index contributed by atoms with van der Waals surface area (Å²) in [7, 11) is 0. The van der Waals surface area contributed by atoms with Crippen LogP contribution in [0.1, 0.15) is 12.8 Å². The molecule has 0 aliphatic carbocycles. The molecule has 0 saturated carbocycles. The summed E-state index contributed by atoms with van der Waals surface area (Å²) in [4.78, 5) is 0. The van der Waals surface area contributed by atoms with Gasteiger partial charge >= 0.3 is 0 Å². The molecule has 0 heterocycles. The van der Waals surface area contributed by atoms with Crippen LogP contribution in [0.5, 0.6) is 0 Å². The van der Waals surface area contributed by atoms with Crippen LogP contribution < -0.4 is 5.73 Å². The molecule has 0 unspecified atom stereocenters. The van der Waals surface area contributed by atoms with Gasteiger partial charge in [-0.1, -0.05) is 11.8 Å². The lowest BCUT2D eigenvalue weighted by Crippen LogP contribution is -2.04. The Hall–Kier alpha value is -0.620. The predicted octanol–water partition coefficient (Wildman–Crippen LogP) is 1.03. The standard InChI is InChI=1S/C6H10N2S/c1-2-3-4-5-9-6(7)8/h1H,3-5H2,(H3,7,8). The van der Waals surface area contributed by atoms with Crippen molar-refractivity contribution in [2.24, 2.45) is 5.73 Å². The normalized spacial score (nSPS) is 8.33. The highest BCUT2D eigenvalue weighted by molar-refractivity contribution is 8.13. The second-order valence-electron chi connectivity index (χ2n) is 1.52. The summed E-state index contributed by atoms with van der Waals surface area (Å²) in [6.45, 7) is 0. The third-order valence-electron chi connectivity index (χ3n) is 0.723. The topological polar surface area (TPSA) is 49.9 Å². The molecule has 2 nitrogen and oxygen atoms in total. The van der Waals surface area contributed by atoms with Crippen molar-refractivity contribution in [1.82, 2.24) is 0 Å². The highest BCUT2D eigenvalue weighted by Gasteiger charge is 1.88. The number of thioether (sulfide) groups is 1. The maximum absolute atomic E-state index is 6.82. The van der Waals surface area contributed by atoms with E-state index in [0.29, 0.717) is 0 Å². The Morgan fingerprint density at radius 2 is 2.44 bits per heavy atom. The highest BCUT2D eigenvalue weighted by Crippen LogP contribution is 2.01. The summed E-state index contributed by atoms with van der Waals surface area (Å²) < 4.78 is 0. The van der Waals surface area contributed by atoms with Crippen molar-refractivity contribution in [3.8, 4) is 12.3 Å². The average molecular weight is 142 g/mol. The lowest BCUT2D eigenvalue weighted by Gasteiger charge is -1.93. The molecule has 50 valence electrons. The third-order valence-corrected chi connectivity index (χ3v) is 1.53. The maximum atomic E-state index is 6.82. The summed E-state index contributed by atoms with van der Waals surface area (Å²) in [6, 6.07) is 0. The number of amidine groups is 1. The van der Waals surface area contributed by atoms with Crippen LogP contribution in [-0.4, -0.2) is 10.9 Å². The van der Waals surface area contributed by atoms with Crippen LogP contribution in [0.15, 0.2) is 0 Å². The number of terminal acetylenes is 1. The Balaban J connectivity index is 2.94. The first-order valence-electron chi connectivity index (χ1n) is 2.67. The summed E-state index contributed by atoms with van der Waals surface area (Å²) in [6.07, 6.45) is 6.72. The number of hydrogen-bond donors (Lipinski definition) is 2. The van der Waals surface area contributed by atoms with Crippen molar-refractivity contribution in [3.63, 3.8) is 0 Å². The Labute approximate surface area is 59.7 Å². The van der Waals surface area contributed by atoms with Crippen LogP contribution in [0.25, 0.3) is 0 Å². The highest BCUT2D eigenvalue weighted by atomic mass is 32.2. The second kappa shape index (κ2) is 5.52. The quantitative estimate of drug-likeness (QED) is 0.267. The van der Waals surface area contributed by atoms with Crippen molar-refractivity contribution in [3.05, 3.63) is 0 Å². The van der Waals surface area contributed by atoms with Gasteiger partial charge in [0, 0.05) is 12.2 Å². The minimum absolute atomic E-state index is 0.173. The van der Waals surface area contributed by atoms with E-state index >= 15 is 0 Å². The fourth-order valence-corrected chi connectivity index (χ4v) is 0.865.